The number of rotatable bonds is 5. The molecule has 114 valence electrons. The fourth-order valence-electron chi connectivity index (χ4n) is 2.75. The highest BCUT2D eigenvalue weighted by atomic mass is 16.4. The molecule has 0 bridgehead atoms. The minimum Gasteiger partial charge on any atom is -0.411 e. The molecule has 0 unspecified atom stereocenters. The maximum atomic E-state index is 9.49. The number of nitrogens with zero attached hydrogens (tertiary/aromatic N) is 2. The summed E-state index contributed by atoms with van der Waals surface area (Å²) in [6.45, 7) is 0. The third-order valence-corrected chi connectivity index (χ3v) is 3.94. The molecule has 3 aromatic rings. The SMILES string of the molecule is O/N=C(/CC(c1ccccc1)c1ccccc1)c1ccncc1. The van der Waals surface area contributed by atoms with Crippen molar-refractivity contribution in [3.63, 3.8) is 0 Å². The minimum absolute atomic E-state index is 0.136. The van der Waals surface area contributed by atoms with Crippen molar-refractivity contribution in [1.29, 1.82) is 0 Å². The predicted molar refractivity (Wildman–Crippen MR) is 91.9 cm³/mol. The van der Waals surface area contributed by atoms with Crippen molar-refractivity contribution in [2.45, 2.75) is 12.3 Å². The average molecular weight is 302 g/mol. The number of aromatic nitrogens is 1. The second-order valence-electron chi connectivity index (χ2n) is 5.36. The lowest BCUT2D eigenvalue weighted by Gasteiger charge is -2.18. The summed E-state index contributed by atoms with van der Waals surface area (Å²) in [6, 6.07) is 24.3. The highest BCUT2D eigenvalue weighted by molar-refractivity contribution is 6.00. The summed E-state index contributed by atoms with van der Waals surface area (Å²) in [4.78, 5) is 4.02. The van der Waals surface area contributed by atoms with Crippen LogP contribution in [-0.2, 0) is 0 Å². The number of benzene rings is 2. The van der Waals surface area contributed by atoms with Crippen LogP contribution in [0.4, 0.5) is 0 Å². The van der Waals surface area contributed by atoms with Crippen LogP contribution in [0.5, 0.6) is 0 Å². The van der Waals surface area contributed by atoms with E-state index in [1.165, 1.54) is 11.1 Å². The molecule has 0 fully saturated rings. The summed E-state index contributed by atoms with van der Waals surface area (Å²) < 4.78 is 0. The van der Waals surface area contributed by atoms with Gasteiger partial charge in [-0.3, -0.25) is 4.98 Å². The lowest BCUT2D eigenvalue weighted by molar-refractivity contribution is 0.317. The Bertz CT molecular complexity index is 716. The molecule has 0 aliphatic carbocycles. The number of hydrogen-bond acceptors (Lipinski definition) is 3. The van der Waals surface area contributed by atoms with Gasteiger partial charge < -0.3 is 5.21 Å². The maximum absolute atomic E-state index is 9.49. The van der Waals surface area contributed by atoms with Crippen LogP contribution in [-0.4, -0.2) is 15.9 Å². The molecule has 2 aromatic carbocycles. The quantitative estimate of drug-likeness (QED) is 0.429. The van der Waals surface area contributed by atoms with Gasteiger partial charge in [0, 0.05) is 30.3 Å². The van der Waals surface area contributed by atoms with Gasteiger partial charge in [0.15, 0.2) is 0 Å². The van der Waals surface area contributed by atoms with E-state index in [0.717, 1.165) is 5.56 Å². The molecule has 0 radical (unpaired) electrons. The topological polar surface area (TPSA) is 45.5 Å². The lowest BCUT2D eigenvalue weighted by atomic mass is 9.85. The van der Waals surface area contributed by atoms with Gasteiger partial charge in [0.25, 0.3) is 0 Å². The largest absolute Gasteiger partial charge is 0.411 e. The fraction of sp³-hybridized carbons (Fsp3) is 0.100. The zero-order chi connectivity index (χ0) is 15.9. The van der Waals surface area contributed by atoms with Crippen LogP contribution >= 0.6 is 0 Å². The number of pyridine rings is 1. The van der Waals surface area contributed by atoms with E-state index in [1.54, 1.807) is 12.4 Å². The van der Waals surface area contributed by atoms with E-state index in [-0.39, 0.29) is 5.92 Å². The Hall–Kier alpha value is -2.94. The van der Waals surface area contributed by atoms with Crippen molar-refractivity contribution in [3.8, 4) is 0 Å². The van der Waals surface area contributed by atoms with E-state index in [4.69, 9.17) is 0 Å². The van der Waals surface area contributed by atoms with E-state index in [0.29, 0.717) is 12.1 Å². The van der Waals surface area contributed by atoms with Gasteiger partial charge in [-0.2, -0.15) is 0 Å². The molecule has 1 N–H and O–H groups in total. The predicted octanol–water partition coefficient (Wildman–Crippen LogP) is 4.48. The summed E-state index contributed by atoms with van der Waals surface area (Å²) in [5.74, 6) is 0.136. The molecule has 23 heavy (non-hydrogen) atoms. The highest BCUT2D eigenvalue weighted by Gasteiger charge is 2.18. The molecule has 0 atom stereocenters. The Labute approximate surface area is 136 Å². The molecule has 3 nitrogen and oxygen atoms in total. The van der Waals surface area contributed by atoms with Gasteiger partial charge >= 0.3 is 0 Å². The van der Waals surface area contributed by atoms with Crippen LogP contribution < -0.4 is 0 Å². The first-order valence-electron chi connectivity index (χ1n) is 7.59. The number of oxime groups is 1. The van der Waals surface area contributed by atoms with Crippen molar-refractivity contribution in [1.82, 2.24) is 4.98 Å². The van der Waals surface area contributed by atoms with E-state index < -0.39 is 0 Å². The Balaban J connectivity index is 1.96. The fourth-order valence-corrected chi connectivity index (χ4v) is 2.75. The molecular formula is C20H18N2O. The van der Waals surface area contributed by atoms with Crippen molar-refractivity contribution in [2.75, 3.05) is 0 Å². The Morgan fingerprint density at radius 3 is 1.83 bits per heavy atom. The van der Waals surface area contributed by atoms with Gasteiger partial charge in [-0.1, -0.05) is 65.8 Å². The first kappa shape index (κ1) is 15.0. The van der Waals surface area contributed by atoms with Gasteiger partial charge in [-0.15, -0.1) is 0 Å². The van der Waals surface area contributed by atoms with E-state index in [1.807, 2.05) is 48.5 Å². The highest BCUT2D eigenvalue weighted by Crippen LogP contribution is 2.29. The van der Waals surface area contributed by atoms with Crippen molar-refractivity contribution in [2.24, 2.45) is 5.16 Å². The standard InChI is InChI=1S/C20H18N2O/c23-22-20(18-11-13-21-14-12-18)15-19(16-7-3-1-4-8-16)17-9-5-2-6-10-17/h1-14,19,23H,15H2/b22-20-. The summed E-state index contributed by atoms with van der Waals surface area (Å²) >= 11 is 0. The zero-order valence-corrected chi connectivity index (χ0v) is 12.7. The normalized spacial score (nSPS) is 11.6. The second-order valence-corrected chi connectivity index (χ2v) is 5.36. The minimum atomic E-state index is 0.136. The molecule has 0 amide bonds. The summed E-state index contributed by atoms with van der Waals surface area (Å²) in [5, 5.41) is 13.0. The molecule has 0 saturated heterocycles. The van der Waals surface area contributed by atoms with Crippen molar-refractivity contribution in [3.05, 3.63) is 102 Å². The summed E-state index contributed by atoms with van der Waals surface area (Å²) in [5.41, 5.74) is 3.95. The molecular weight excluding hydrogens is 284 g/mol. The molecule has 0 spiro atoms. The first-order chi connectivity index (χ1) is 11.4. The molecule has 1 aromatic heterocycles. The van der Waals surface area contributed by atoms with Crippen molar-refractivity contribution >= 4 is 5.71 Å². The average Bonchev–Trinajstić information content (AvgIpc) is 2.65. The van der Waals surface area contributed by atoms with Gasteiger partial charge in [-0.25, -0.2) is 0 Å². The third-order valence-electron chi connectivity index (χ3n) is 3.94. The smallest absolute Gasteiger partial charge is 0.0878 e. The third kappa shape index (κ3) is 3.64. The Morgan fingerprint density at radius 2 is 1.35 bits per heavy atom. The molecule has 0 aliphatic heterocycles. The van der Waals surface area contributed by atoms with Gasteiger partial charge in [-0.05, 0) is 23.3 Å². The summed E-state index contributed by atoms with van der Waals surface area (Å²) in [7, 11) is 0. The molecule has 0 aliphatic rings. The van der Waals surface area contributed by atoms with Gasteiger partial charge in [0.2, 0.25) is 0 Å². The van der Waals surface area contributed by atoms with Crippen LogP contribution in [0.3, 0.4) is 0 Å². The van der Waals surface area contributed by atoms with Crippen molar-refractivity contribution < 1.29 is 5.21 Å². The molecule has 3 heteroatoms. The van der Waals surface area contributed by atoms with E-state index in [9.17, 15) is 5.21 Å². The zero-order valence-electron chi connectivity index (χ0n) is 12.7. The van der Waals surface area contributed by atoms with E-state index >= 15 is 0 Å². The Morgan fingerprint density at radius 1 is 0.826 bits per heavy atom. The summed E-state index contributed by atoms with van der Waals surface area (Å²) in [6.07, 6.45) is 4.04. The van der Waals surface area contributed by atoms with Gasteiger partial charge in [0.05, 0.1) is 5.71 Å². The molecule has 1 heterocycles. The molecule has 3 rings (SSSR count). The Kier molecular flexibility index (Phi) is 4.79. The molecule has 0 saturated carbocycles. The maximum Gasteiger partial charge on any atom is 0.0878 e. The monoisotopic (exact) mass is 302 g/mol. The number of hydrogen-bond donors (Lipinski definition) is 1. The lowest BCUT2D eigenvalue weighted by Crippen LogP contribution is -2.10. The van der Waals surface area contributed by atoms with E-state index in [2.05, 4.69) is 34.4 Å². The van der Waals surface area contributed by atoms with Crippen LogP contribution in [0.1, 0.15) is 29.0 Å². The second kappa shape index (κ2) is 7.36. The van der Waals surface area contributed by atoms with Gasteiger partial charge in [0.1, 0.15) is 0 Å². The van der Waals surface area contributed by atoms with Crippen LogP contribution in [0.15, 0.2) is 90.3 Å². The van der Waals surface area contributed by atoms with Crippen LogP contribution in [0, 0.1) is 0 Å². The van der Waals surface area contributed by atoms with Crippen LogP contribution in [0.25, 0.3) is 0 Å². The van der Waals surface area contributed by atoms with Crippen LogP contribution in [0.2, 0.25) is 0 Å². The first-order valence-corrected chi connectivity index (χ1v) is 7.59.